The van der Waals surface area contributed by atoms with E-state index in [1.807, 2.05) is 18.2 Å². The Morgan fingerprint density at radius 3 is 2.25 bits per heavy atom. The summed E-state index contributed by atoms with van der Waals surface area (Å²) in [6.45, 7) is 16.4. The van der Waals surface area contributed by atoms with Gasteiger partial charge in [0.2, 0.25) is 5.91 Å². The molecule has 0 aliphatic heterocycles. The highest BCUT2D eigenvalue weighted by Crippen LogP contribution is 2.25. The zero-order chi connectivity index (χ0) is 29.0. The Bertz CT molecular complexity index is 981. The SMILES string of the molecule is CC(C)CCN(CC(C)(C)NC(=O)C(CC(C)C)NCC1CCCCC1)c1ccc(OCc2ccccc2)cc1. The van der Waals surface area contributed by atoms with Crippen LogP contribution in [0, 0.1) is 17.8 Å². The van der Waals surface area contributed by atoms with Gasteiger partial charge in [-0.05, 0) is 93.7 Å². The van der Waals surface area contributed by atoms with Gasteiger partial charge in [-0.15, -0.1) is 0 Å². The predicted molar refractivity (Wildman–Crippen MR) is 169 cm³/mol. The number of rotatable bonds is 16. The van der Waals surface area contributed by atoms with E-state index >= 15 is 0 Å². The van der Waals surface area contributed by atoms with Crippen LogP contribution in [0.5, 0.6) is 5.75 Å². The highest BCUT2D eigenvalue weighted by atomic mass is 16.5. The molecule has 1 unspecified atom stereocenters. The molecular weight excluding hydrogens is 494 g/mol. The van der Waals surface area contributed by atoms with Crippen LogP contribution in [0.2, 0.25) is 0 Å². The fourth-order valence-electron chi connectivity index (χ4n) is 5.60. The summed E-state index contributed by atoms with van der Waals surface area (Å²) in [4.78, 5) is 16.0. The van der Waals surface area contributed by atoms with Crippen molar-refractivity contribution in [1.29, 1.82) is 0 Å². The molecule has 1 aliphatic carbocycles. The Morgan fingerprint density at radius 2 is 1.62 bits per heavy atom. The van der Waals surface area contributed by atoms with Crippen LogP contribution in [0.3, 0.4) is 0 Å². The van der Waals surface area contributed by atoms with Gasteiger partial charge in [-0.25, -0.2) is 0 Å². The molecule has 1 atom stereocenters. The van der Waals surface area contributed by atoms with Crippen LogP contribution in [0.15, 0.2) is 54.6 Å². The maximum absolute atomic E-state index is 13.6. The van der Waals surface area contributed by atoms with Crippen LogP contribution >= 0.6 is 0 Å². The highest BCUT2D eigenvalue weighted by molar-refractivity contribution is 5.82. The van der Waals surface area contributed by atoms with Crippen molar-refractivity contribution in [2.45, 2.75) is 105 Å². The molecule has 40 heavy (non-hydrogen) atoms. The van der Waals surface area contributed by atoms with Crippen molar-refractivity contribution >= 4 is 11.6 Å². The number of carbonyl (C=O) groups is 1. The first-order valence-corrected chi connectivity index (χ1v) is 15.7. The minimum absolute atomic E-state index is 0.128. The molecule has 3 rings (SSSR count). The van der Waals surface area contributed by atoms with E-state index in [2.05, 4.69) is 93.5 Å². The van der Waals surface area contributed by atoms with E-state index in [1.54, 1.807) is 0 Å². The summed E-state index contributed by atoms with van der Waals surface area (Å²) in [6.07, 6.45) is 8.53. The molecule has 0 bridgehead atoms. The summed E-state index contributed by atoms with van der Waals surface area (Å²) in [5.74, 6) is 2.76. The average molecular weight is 550 g/mol. The number of nitrogens with zero attached hydrogens (tertiary/aromatic N) is 1. The normalized spacial score (nSPS) is 15.3. The van der Waals surface area contributed by atoms with Crippen LogP contribution in [0.1, 0.15) is 92.1 Å². The Labute approximate surface area is 244 Å². The maximum atomic E-state index is 13.6. The van der Waals surface area contributed by atoms with Gasteiger partial charge in [0.05, 0.1) is 11.6 Å². The maximum Gasteiger partial charge on any atom is 0.237 e. The molecule has 5 heteroatoms. The molecule has 0 aromatic heterocycles. The number of hydrogen-bond acceptors (Lipinski definition) is 4. The first-order valence-electron chi connectivity index (χ1n) is 15.7. The van der Waals surface area contributed by atoms with E-state index in [0.29, 0.717) is 24.4 Å². The van der Waals surface area contributed by atoms with Crippen molar-refractivity contribution in [3.63, 3.8) is 0 Å². The van der Waals surface area contributed by atoms with E-state index in [-0.39, 0.29) is 17.5 Å². The smallest absolute Gasteiger partial charge is 0.237 e. The lowest BCUT2D eigenvalue weighted by Crippen LogP contribution is -2.57. The lowest BCUT2D eigenvalue weighted by atomic mass is 9.89. The van der Waals surface area contributed by atoms with E-state index in [4.69, 9.17) is 4.74 Å². The Kier molecular flexibility index (Phi) is 12.8. The van der Waals surface area contributed by atoms with E-state index in [9.17, 15) is 4.79 Å². The number of amides is 1. The summed E-state index contributed by atoms with van der Waals surface area (Å²) in [5.41, 5.74) is 1.94. The van der Waals surface area contributed by atoms with E-state index < -0.39 is 0 Å². The van der Waals surface area contributed by atoms with Crippen molar-refractivity contribution in [1.82, 2.24) is 10.6 Å². The summed E-state index contributed by atoms with van der Waals surface area (Å²) in [5, 5.41) is 7.08. The molecule has 1 amide bonds. The summed E-state index contributed by atoms with van der Waals surface area (Å²) < 4.78 is 6.02. The second-order valence-electron chi connectivity index (χ2n) is 13.3. The van der Waals surface area contributed by atoms with E-state index in [0.717, 1.165) is 49.5 Å². The number of hydrogen-bond donors (Lipinski definition) is 2. The van der Waals surface area contributed by atoms with Crippen LogP contribution in [0.4, 0.5) is 5.69 Å². The molecule has 2 N–H and O–H groups in total. The van der Waals surface area contributed by atoms with Gasteiger partial charge in [0.15, 0.2) is 0 Å². The zero-order valence-corrected chi connectivity index (χ0v) is 26.0. The number of nitrogens with one attached hydrogen (secondary N) is 2. The van der Waals surface area contributed by atoms with Crippen LogP contribution in [-0.4, -0.2) is 37.1 Å². The van der Waals surface area contributed by atoms with Gasteiger partial charge in [0, 0.05) is 18.8 Å². The van der Waals surface area contributed by atoms with Crippen molar-refractivity contribution < 1.29 is 9.53 Å². The summed E-state index contributed by atoms with van der Waals surface area (Å²) in [7, 11) is 0. The van der Waals surface area contributed by atoms with Gasteiger partial charge in [0.1, 0.15) is 12.4 Å². The molecular formula is C35H55N3O2. The van der Waals surface area contributed by atoms with Gasteiger partial charge in [0.25, 0.3) is 0 Å². The molecule has 1 saturated carbocycles. The molecule has 0 saturated heterocycles. The first kappa shape index (κ1) is 32.0. The Morgan fingerprint density at radius 1 is 0.950 bits per heavy atom. The van der Waals surface area contributed by atoms with Crippen LogP contribution < -0.4 is 20.3 Å². The monoisotopic (exact) mass is 549 g/mol. The fraction of sp³-hybridized carbons (Fsp3) is 0.629. The lowest BCUT2D eigenvalue weighted by molar-refractivity contribution is -0.125. The Hall–Kier alpha value is -2.53. The Balaban J connectivity index is 1.63. The average Bonchev–Trinajstić information content (AvgIpc) is 2.93. The van der Waals surface area contributed by atoms with Crippen LogP contribution in [-0.2, 0) is 11.4 Å². The van der Waals surface area contributed by atoms with Crippen LogP contribution in [0.25, 0.3) is 0 Å². The zero-order valence-electron chi connectivity index (χ0n) is 26.0. The molecule has 0 heterocycles. The highest BCUT2D eigenvalue weighted by Gasteiger charge is 2.29. The number of carbonyl (C=O) groups excluding carboxylic acids is 1. The third kappa shape index (κ3) is 11.5. The number of ether oxygens (including phenoxy) is 1. The molecule has 2 aromatic rings. The van der Waals surface area contributed by atoms with Crippen molar-refractivity contribution in [2.75, 3.05) is 24.5 Å². The molecule has 5 nitrogen and oxygen atoms in total. The molecule has 1 fully saturated rings. The third-order valence-electron chi connectivity index (χ3n) is 7.88. The topological polar surface area (TPSA) is 53.6 Å². The largest absolute Gasteiger partial charge is 0.489 e. The molecule has 1 aliphatic rings. The lowest BCUT2D eigenvalue weighted by Gasteiger charge is -2.37. The van der Waals surface area contributed by atoms with Gasteiger partial charge < -0.3 is 20.3 Å². The van der Waals surface area contributed by atoms with Gasteiger partial charge in [-0.2, -0.15) is 0 Å². The van der Waals surface area contributed by atoms with Crippen molar-refractivity contribution in [2.24, 2.45) is 17.8 Å². The minimum atomic E-state index is -0.377. The number of anilines is 1. The summed E-state index contributed by atoms with van der Waals surface area (Å²) in [6, 6.07) is 18.5. The molecule has 0 radical (unpaired) electrons. The standard InChI is InChI=1S/C35H55N3O2/c1-27(2)21-22-38(31-17-19-32(20-18-31)40-25-30-15-11-8-12-16-30)26-35(5,6)37-34(39)33(23-28(3)4)36-24-29-13-9-7-10-14-29/h8,11-12,15-20,27-29,33,36H,7,9-10,13-14,21-26H2,1-6H3,(H,37,39). The van der Waals surface area contributed by atoms with Crippen molar-refractivity contribution in [3.8, 4) is 5.75 Å². The second-order valence-corrected chi connectivity index (χ2v) is 13.3. The van der Waals surface area contributed by atoms with Gasteiger partial charge in [-0.3, -0.25) is 4.79 Å². The number of benzene rings is 2. The third-order valence-corrected chi connectivity index (χ3v) is 7.88. The fourth-order valence-corrected chi connectivity index (χ4v) is 5.60. The molecule has 222 valence electrons. The second kappa shape index (κ2) is 16.0. The van der Waals surface area contributed by atoms with Crippen molar-refractivity contribution in [3.05, 3.63) is 60.2 Å². The molecule has 2 aromatic carbocycles. The molecule has 0 spiro atoms. The first-order chi connectivity index (χ1) is 19.1. The summed E-state index contributed by atoms with van der Waals surface area (Å²) >= 11 is 0. The van der Waals surface area contributed by atoms with Gasteiger partial charge in [-0.1, -0.05) is 77.3 Å². The quantitative estimate of drug-likeness (QED) is 0.226. The van der Waals surface area contributed by atoms with Gasteiger partial charge >= 0.3 is 0 Å². The predicted octanol–water partition coefficient (Wildman–Crippen LogP) is 7.60. The van der Waals surface area contributed by atoms with E-state index in [1.165, 1.54) is 32.1 Å². The minimum Gasteiger partial charge on any atom is -0.489 e.